The summed E-state index contributed by atoms with van der Waals surface area (Å²) in [7, 11) is 0. The number of rotatable bonds is 7. The first-order valence-corrected chi connectivity index (χ1v) is 7.89. The molecule has 1 N–H and O–H groups in total. The molecule has 0 saturated carbocycles. The van der Waals surface area contributed by atoms with Gasteiger partial charge < -0.3 is 10.1 Å². The Morgan fingerprint density at radius 1 is 1.29 bits per heavy atom. The molecule has 0 amide bonds. The van der Waals surface area contributed by atoms with E-state index in [-0.39, 0.29) is 18.5 Å². The van der Waals surface area contributed by atoms with E-state index in [4.69, 9.17) is 4.74 Å². The van der Waals surface area contributed by atoms with E-state index in [9.17, 15) is 0 Å². The third kappa shape index (κ3) is 5.85. The van der Waals surface area contributed by atoms with Gasteiger partial charge in [0, 0.05) is 19.1 Å². The zero-order valence-electron chi connectivity index (χ0n) is 13.5. The lowest BCUT2D eigenvalue weighted by Gasteiger charge is -2.28. The Hall–Kier alpha value is -0.770. The van der Waals surface area contributed by atoms with Crippen molar-refractivity contribution in [3.05, 3.63) is 29.8 Å². The summed E-state index contributed by atoms with van der Waals surface area (Å²) >= 11 is 0. The minimum absolute atomic E-state index is 0. The molecule has 21 heavy (non-hydrogen) atoms. The van der Waals surface area contributed by atoms with Crippen LogP contribution in [0.25, 0.3) is 0 Å². The highest BCUT2D eigenvalue weighted by atomic mass is 35.5. The van der Waals surface area contributed by atoms with Gasteiger partial charge in [0.25, 0.3) is 0 Å². The van der Waals surface area contributed by atoms with Gasteiger partial charge in [0.2, 0.25) is 0 Å². The summed E-state index contributed by atoms with van der Waals surface area (Å²) in [5.74, 6) is 0.966. The summed E-state index contributed by atoms with van der Waals surface area (Å²) in [4.78, 5) is 2.61. The lowest BCUT2D eigenvalue weighted by molar-refractivity contribution is 0.199. The molecule has 0 aromatic heterocycles. The van der Waals surface area contributed by atoms with Gasteiger partial charge in [-0.25, -0.2) is 0 Å². The van der Waals surface area contributed by atoms with Gasteiger partial charge in [-0.15, -0.1) is 12.4 Å². The lowest BCUT2D eigenvalue weighted by Crippen LogP contribution is -2.36. The molecule has 1 saturated heterocycles. The van der Waals surface area contributed by atoms with Crippen molar-refractivity contribution in [2.24, 2.45) is 0 Å². The van der Waals surface area contributed by atoms with Gasteiger partial charge >= 0.3 is 0 Å². The molecular weight excluding hydrogens is 284 g/mol. The van der Waals surface area contributed by atoms with Crippen molar-refractivity contribution >= 4 is 12.4 Å². The van der Waals surface area contributed by atoms with Gasteiger partial charge in [-0.1, -0.05) is 19.1 Å². The van der Waals surface area contributed by atoms with Crippen LogP contribution in [0.2, 0.25) is 0 Å². The molecule has 1 atom stereocenters. The standard InChI is InChI=1S/C17H28N2O.ClH/c1-4-11-19(16-9-10-18-12-16)13-15-5-7-17(8-6-15)20-14(2)3;/h5-8,14,16,18H,4,9-13H2,1-3H3;1H. The largest absolute Gasteiger partial charge is 0.491 e. The Morgan fingerprint density at radius 2 is 2.00 bits per heavy atom. The lowest BCUT2D eigenvalue weighted by atomic mass is 10.1. The summed E-state index contributed by atoms with van der Waals surface area (Å²) in [5.41, 5.74) is 1.38. The van der Waals surface area contributed by atoms with E-state index in [1.165, 1.54) is 24.9 Å². The fraction of sp³-hybridized carbons (Fsp3) is 0.647. The number of benzene rings is 1. The second-order valence-corrected chi connectivity index (χ2v) is 5.93. The quantitative estimate of drug-likeness (QED) is 0.834. The van der Waals surface area contributed by atoms with E-state index in [2.05, 4.69) is 55.3 Å². The smallest absolute Gasteiger partial charge is 0.119 e. The van der Waals surface area contributed by atoms with Crippen molar-refractivity contribution in [1.29, 1.82) is 0 Å². The number of hydrogen-bond acceptors (Lipinski definition) is 3. The topological polar surface area (TPSA) is 24.5 Å². The van der Waals surface area contributed by atoms with E-state index in [1.807, 2.05) is 0 Å². The van der Waals surface area contributed by atoms with E-state index in [0.29, 0.717) is 6.04 Å². The fourth-order valence-electron chi connectivity index (χ4n) is 2.81. The minimum Gasteiger partial charge on any atom is -0.491 e. The van der Waals surface area contributed by atoms with Crippen LogP contribution in [-0.2, 0) is 6.54 Å². The highest BCUT2D eigenvalue weighted by Gasteiger charge is 2.21. The monoisotopic (exact) mass is 312 g/mol. The van der Waals surface area contributed by atoms with Crippen molar-refractivity contribution in [3.63, 3.8) is 0 Å². The molecule has 1 aliphatic rings. The third-order valence-corrected chi connectivity index (χ3v) is 3.74. The number of nitrogens with one attached hydrogen (secondary N) is 1. The maximum atomic E-state index is 5.70. The Labute approximate surface area is 135 Å². The second-order valence-electron chi connectivity index (χ2n) is 5.93. The number of halogens is 1. The predicted octanol–water partition coefficient (Wildman–Crippen LogP) is 3.47. The molecule has 2 rings (SSSR count). The average molecular weight is 313 g/mol. The molecule has 0 spiro atoms. The van der Waals surface area contributed by atoms with Crippen LogP contribution in [-0.4, -0.2) is 36.7 Å². The van der Waals surface area contributed by atoms with E-state index in [1.54, 1.807) is 0 Å². The van der Waals surface area contributed by atoms with Gasteiger partial charge in [-0.3, -0.25) is 4.90 Å². The number of hydrogen-bond donors (Lipinski definition) is 1. The molecule has 3 nitrogen and oxygen atoms in total. The van der Waals surface area contributed by atoms with Gasteiger partial charge in [0.05, 0.1) is 6.10 Å². The second kappa shape index (κ2) is 9.29. The van der Waals surface area contributed by atoms with Gasteiger partial charge in [0.1, 0.15) is 5.75 Å². The summed E-state index contributed by atoms with van der Waals surface area (Å²) in [6, 6.07) is 9.27. The SMILES string of the molecule is CCCN(Cc1ccc(OC(C)C)cc1)C1CCNC1.Cl. The Kier molecular flexibility index (Phi) is 8.09. The van der Waals surface area contributed by atoms with Crippen LogP contribution in [0.15, 0.2) is 24.3 Å². The zero-order chi connectivity index (χ0) is 14.4. The molecule has 1 aliphatic heterocycles. The molecule has 1 unspecified atom stereocenters. The minimum atomic E-state index is 0. The molecule has 4 heteroatoms. The normalized spacial score (nSPS) is 18.0. The average Bonchev–Trinajstić information content (AvgIpc) is 2.94. The van der Waals surface area contributed by atoms with Crippen LogP contribution in [0.4, 0.5) is 0 Å². The van der Waals surface area contributed by atoms with Gasteiger partial charge in [0.15, 0.2) is 0 Å². The van der Waals surface area contributed by atoms with Crippen molar-refractivity contribution in [3.8, 4) is 5.75 Å². The summed E-state index contributed by atoms with van der Waals surface area (Å²) in [6.07, 6.45) is 2.72. The molecule has 0 radical (unpaired) electrons. The van der Waals surface area contributed by atoms with Crippen LogP contribution in [0, 0.1) is 0 Å². The van der Waals surface area contributed by atoms with Crippen LogP contribution in [0.3, 0.4) is 0 Å². The molecule has 120 valence electrons. The van der Waals surface area contributed by atoms with Gasteiger partial charge in [-0.2, -0.15) is 0 Å². The predicted molar refractivity (Wildman–Crippen MR) is 91.4 cm³/mol. The van der Waals surface area contributed by atoms with Crippen molar-refractivity contribution in [1.82, 2.24) is 10.2 Å². The van der Waals surface area contributed by atoms with Crippen molar-refractivity contribution in [2.45, 2.75) is 52.3 Å². The van der Waals surface area contributed by atoms with Crippen LogP contribution < -0.4 is 10.1 Å². The first-order valence-electron chi connectivity index (χ1n) is 7.89. The summed E-state index contributed by atoms with van der Waals surface area (Å²) in [6.45, 7) is 10.9. The first-order chi connectivity index (χ1) is 9.69. The Bertz CT molecular complexity index is 388. The molecule has 0 bridgehead atoms. The molecule has 1 heterocycles. The molecular formula is C17H29ClN2O. The van der Waals surface area contributed by atoms with E-state index < -0.39 is 0 Å². The zero-order valence-corrected chi connectivity index (χ0v) is 14.3. The van der Waals surface area contributed by atoms with Crippen molar-refractivity contribution in [2.75, 3.05) is 19.6 Å². The van der Waals surface area contributed by atoms with Gasteiger partial charge in [-0.05, 0) is 57.5 Å². The highest BCUT2D eigenvalue weighted by Crippen LogP contribution is 2.18. The molecule has 1 fully saturated rings. The Morgan fingerprint density at radius 3 is 2.52 bits per heavy atom. The van der Waals surface area contributed by atoms with Crippen molar-refractivity contribution < 1.29 is 4.74 Å². The maximum Gasteiger partial charge on any atom is 0.119 e. The summed E-state index contributed by atoms with van der Waals surface area (Å²) < 4.78 is 5.70. The number of nitrogens with zero attached hydrogens (tertiary/aromatic N) is 1. The van der Waals surface area contributed by atoms with Crippen LogP contribution in [0.1, 0.15) is 39.2 Å². The molecule has 1 aromatic carbocycles. The first kappa shape index (κ1) is 18.3. The fourth-order valence-corrected chi connectivity index (χ4v) is 2.81. The third-order valence-electron chi connectivity index (χ3n) is 3.74. The Balaban J connectivity index is 0.00000220. The highest BCUT2D eigenvalue weighted by molar-refractivity contribution is 5.85. The van der Waals surface area contributed by atoms with Crippen LogP contribution in [0.5, 0.6) is 5.75 Å². The van der Waals surface area contributed by atoms with Crippen LogP contribution >= 0.6 is 12.4 Å². The van der Waals surface area contributed by atoms with E-state index in [0.717, 1.165) is 25.4 Å². The number of ether oxygens (including phenoxy) is 1. The van der Waals surface area contributed by atoms with E-state index >= 15 is 0 Å². The maximum absolute atomic E-state index is 5.70. The molecule has 0 aliphatic carbocycles. The summed E-state index contributed by atoms with van der Waals surface area (Å²) in [5, 5.41) is 3.47. The molecule has 1 aromatic rings.